The average molecular weight is 379 g/mol. The quantitative estimate of drug-likeness (QED) is 0.752. The maximum atomic E-state index is 12.8. The zero-order valence-corrected chi connectivity index (χ0v) is 15.5. The Kier molecular flexibility index (Phi) is 4.92. The van der Waals surface area contributed by atoms with E-state index in [1.54, 1.807) is 23.2 Å². The highest BCUT2D eigenvalue weighted by atomic mass is 16.5. The van der Waals surface area contributed by atoms with Crippen LogP contribution in [0.25, 0.3) is 11.3 Å². The standard InChI is InChI=1S/C20H21N5O3/c1-14(26)22-19-7-10-21-25(19)16-8-11-24(12-9-16)20(27)18-13-17(23-28-18)15-5-3-2-4-6-15/h2-7,10,13,16H,8-9,11-12H2,1H3,(H,22,26). The van der Waals surface area contributed by atoms with Gasteiger partial charge in [0.1, 0.15) is 11.5 Å². The van der Waals surface area contributed by atoms with Gasteiger partial charge in [-0.15, -0.1) is 0 Å². The maximum absolute atomic E-state index is 12.8. The van der Waals surface area contributed by atoms with Gasteiger partial charge in [0.2, 0.25) is 11.7 Å². The van der Waals surface area contributed by atoms with E-state index in [0.717, 1.165) is 18.4 Å². The lowest BCUT2D eigenvalue weighted by Crippen LogP contribution is -2.39. The zero-order chi connectivity index (χ0) is 19.5. The number of likely N-dealkylation sites (tertiary alicyclic amines) is 1. The summed E-state index contributed by atoms with van der Waals surface area (Å²) in [6.45, 7) is 2.65. The number of carbonyl (C=O) groups is 2. The molecule has 8 heteroatoms. The van der Waals surface area contributed by atoms with Gasteiger partial charge in [-0.2, -0.15) is 5.10 Å². The highest BCUT2D eigenvalue weighted by molar-refractivity contribution is 5.92. The van der Waals surface area contributed by atoms with Gasteiger partial charge in [0.15, 0.2) is 0 Å². The van der Waals surface area contributed by atoms with Crippen molar-refractivity contribution in [1.29, 1.82) is 0 Å². The van der Waals surface area contributed by atoms with Crippen LogP contribution in [0.5, 0.6) is 0 Å². The smallest absolute Gasteiger partial charge is 0.292 e. The van der Waals surface area contributed by atoms with Crippen LogP contribution in [0.3, 0.4) is 0 Å². The molecule has 8 nitrogen and oxygen atoms in total. The number of amides is 2. The molecule has 2 amide bonds. The molecule has 1 aliphatic rings. The van der Waals surface area contributed by atoms with Gasteiger partial charge in [0.25, 0.3) is 5.91 Å². The van der Waals surface area contributed by atoms with Crippen molar-refractivity contribution in [2.45, 2.75) is 25.8 Å². The number of aromatic nitrogens is 3. The predicted molar refractivity (Wildman–Crippen MR) is 103 cm³/mol. The van der Waals surface area contributed by atoms with E-state index in [4.69, 9.17) is 4.52 Å². The second-order valence-electron chi connectivity index (χ2n) is 6.81. The van der Waals surface area contributed by atoms with Gasteiger partial charge < -0.3 is 14.7 Å². The Morgan fingerprint density at radius 3 is 2.61 bits per heavy atom. The number of hydrogen-bond donors (Lipinski definition) is 1. The lowest BCUT2D eigenvalue weighted by Gasteiger charge is -2.32. The number of piperidine rings is 1. The largest absolute Gasteiger partial charge is 0.350 e. The molecule has 2 aromatic heterocycles. The third-order valence-electron chi connectivity index (χ3n) is 4.86. The first-order chi connectivity index (χ1) is 13.6. The SMILES string of the molecule is CC(=O)Nc1ccnn1C1CCN(C(=O)c2cc(-c3ccccc3)no2)CC1. The molecule has 1 fully saturated rings. The minimum atomic E-state index is -0.157. The van der Waals surface area contributed by atoms with E-state index in [1.165, 1.54) is 6.92 Å². The topological polar surface area (TPSA) is 93.3 Å². The Balaban J connectivity index is 1.40. The van der Waals surface area contributed by atoms with Crippen LogP contribution in [0.15, 0.2) is 53.2 Å². The summed E-state index contributed by atoms with van der Waals surface area (Å²) in [6.07, 6.45) is 3.17. The Hall–Kier alpha value is -3.42. The first-order valence-electron chi connectivity index (χ1n) is 9.24. The molecular weight excluding hydrogens is 358 g/mol. The van der Waals surface area contributed by atoms with Gasteiger partial charge in [-0.05, 0) is 12.8 Å². The van der Waals surface area contributed by atoms with Crippen molar-refractivity contribution in [2.24, 2.45) is 0 Å². The third kappa shape index (κ3) is 3.66. The van der Waals surface area contributed by atoms with E-state index < -0.39 is 0 Å². The molecule has 0 bridgehead atoms. The highest BCUT2D eigenvalue weighted by Crippen LogP contribution is 2.27. The number of rotatable bonds is 4. The minimum absolute atomic E-state index is 0.131. The second-order valence-corrected chi connectivity index (χ2v) is 6.81. The fraction of sp³-hybridized carbons (Fsp3) is 0.300. The summed E-state index contributed by atoms with van der Waals surface area (Å²) < 4.78 is 7.11. The van der Waals surface area contributed by atoms with Gasteiger partial charge >= 0.3 is 0 Å². The monoisotopic (exact) mass is 379 g/mol. The molecule has 3 aromatic rings. The van der Waals surface area contributed by atoms with Crippen LogP contribution >= 0.6 is 0 Å². The van der Waals surface area contributed by atoms with Crippen LogP contribution < -0.4 is 5.32 Å². The van der Waals surface area contributed by atoms with E-state index in [2.05, 4.69) is 15.6 Å². The zero-order valence-electron chi connectivity index (χ0n) is 15.5. The number of hydrogen-bond acceptors (Lipinski definition) is 5. The van der Waals surface area contributed by atoms with E-state index in [1.807, 2.05) is 35.0 Å². The molecule has 1 saturated heterocycles. The molecule has 0 aliphatic carbocycles. The van der Waals surface area contributed by atoms with E-state index in [-0.39, 0.29) is 23.6 Å². The van der Waals surface area contributed by atoms with Gasteiger partial charge in [-0.25, -0.2) is 4.68 Å². The number of carbonyl (C=O) groups excluding carboxylic acids is 2. The van der Waals surface area contributed by atoms with Crippen LogP contribution in [0.1, 0.15) is 36.4 Å². The van der Waals surface area contributed by atoms with Crippen LogP contribution in [0.4, 0.5) is 5.82 Å². The molecule has 1 aromatic carbocycles. The summed E-state index contributed by atoms with van der Waals surface area (Å²) in [5.41, 5.74) is 1.56. The average Bonchev–Trinajstić information content (AvgIpc) is 3.38. The number of benzene rings is 1. The van der Waals surface area contributed by atoms with Crippen molar-refractivity contribution in [3.63, 3.8) is 0 Å². The van der Waals surface area contributed by atoms with E-state index in [9.17, 15) is 9.59 Å². The Morgan fingerprint density at radius 2 is 1.89 bits per heavy atom. The van der Waals surface area contributed by atoms with Crippen LogP contribution in [-0.4, -0.2) is 44.7 Å². The van der Waals surface area contributed by atoms with Crippen molar-refractivity contribution < 1.29 is 14.1 Å². The van der Waals surface area contributed by atoms with Gasteiger partial charge in [0, 0.05) is 37.7 Å². The minimum Gasteiger partial charge on any atom is -0.350 e. The molecule has 1 aliphatic heterocycles. The fourth-order valence-corrected chi connectivity index (χ4v) is 3.47. The van der Waals surface area contributed by atoms with Crippen molar-refractivity contribution in [2.75, 3.05) is 18.4 Å². The van der Waals surface area contributed by atoms with Gasteiger partial charge in [-0.3, -0.25) is 9.59 Å². The Bertz CT molecular complexity index is 971. The second kappa shape index (κ2) is 7.67. The molecule has 0 radical (unpaired) electrons. The summed E-state index contributed by atoms with van der Waals surface area (Å²) >= 11 is 0. The van der Waals surface area contributed by atoms with Crippen molar-refractivity contribution in [3.8, 4) is 11.3 Å². The number of anilines is 1. The summed E-state index contributed by atoms with van der Waals surface area (Å²) in [5, 5.41) is 11.1. The lowest BCUT2D eigenvalue weighted by molar-refractivity contribution is -0.114. The first kappa shape index (κ1) is 18.0. The number of nitrogens with zero attached hydrogens (tertiary/aromatic N) is 4. The molecule has 28 heavy (non-hydrogen) atoms. The summed E-state index contributed by atoms with van der Waals surface area (Å²) in [6, 6.07) is 13.2. The number of nitrogens with one attached hydrogen (secondary N) is 1. The molecule has 1 N–H and O–H groups in total. The normalized spacial score (nSPS) is 14.8. The highest BCUT2D eigenvalue weighted by Gasteiger charge is 2.28. The van der Waals surface area contributed by atoms with Crippen LogP contribution in [0, 0.1) is 0 Å². The molecular formula is C20H21N5O3. The molecule has 4 rings (SSSR count). The summed E-state index contributed by atoms with van der Waals surface area (Å²) in [7, 11) is 0. The Labute approximate surface area is 162 Å². The van der Waals surface area contributed by atoms with Gasteiger partial charge in [0.05, 0.1) is 12.2 Å². The molecule has 144 valence electrons. The Morgan fingerprint density at radius 1 is 1.14 bits per heavy atom. The van der Waals surface area contributed by atoms with E-state index >= 15 is 0 Å². The summed E-state index contributed by atoms with van der Waals surface area (Å²) in [4.78, 5) is 25.9. The van der Waals surface area contributed by atoms with Crippen molar-refractivity contribution >= 4 is 17.6 Å². The predicted octanol–water partition coefficient (Wildman–Crippen LogP) is 2.97. The lowest BCUT2D eigenvalue weighted by atomic mass is 10.0. The molecule has 3 heterocycles. The fourth-order valence-electron chi connectivity index (χ4n) is 3.47. The summed E-state index contributed by atoms with van der Waals surface area (Å²) in [5.74, 6) is 0.639. The molecule has 0 saturated carbocycles. The molecule has 0 atom stereocenters. The van der Waals surface area contributed by atoms with Gasteiger partial charge in [-0.1, -0.05) is 35.5 Å². The molecule has 0 unspecified atom stereocenters. The van der Waals surface area contributed by atoms with Crippen LogP contribution in [-0.2, 0) is 4.79 Å². The van der Waals surface area contributed by atoms with Crippen molar-refractivity contribution in [1.82, 2.24) is 19.8 Å². The maximum Gasteiger partial charge on any atom is 0.292 e. The third-order valence-corrected chi connectivity index (χ3v) is 4.86. The van der Waals surface area contributed by atoms with Crippen molar-refractivity contribution in [3.05, 3.63) is 54.4 Å². The first-order valence-corrected chi connectivity index (χ1v) is 9.24. The molecule has 0 spiro atoms. The van der Waals surface area contributed by atoms with Crippen LogP contribution in [0.2, 0.25) is 0 Å². The van der Waals surface area contributed by atoms with E-state index in [0.29, 0.717) is 24.6 Å².